The summed E-state index contributed by atoms with van der Waals surface area (Å²) < 4.78 is 19.7. The highest BCUT2D eigenvalue weighted by molar-refractivity contribution is 6.10. The Morgan fingerprint density at radius 2 is 1.02 bits per heavy atom. The smallest absolute Gasteiger partial charge is 0.220 e. The van der Waals surface area contributed by atoms with Crippen LogP contribution in [0.2, 0.25) is 0 Å². The molecular weight excluding hydrogens is 677 g/mol. The molecule has 0 aliphatic heterocycles. The molecule has 0 saturated heterocycles. The van der Waals surface area contributed by atoms with Crippen molar-refractivity contribution >= 4 is 88.7 Å². The van der Waals surface area contributed by atoms with E-state index in [9.17, 15) is 0 Å². The van der Waals surface area contributed by atoms with Crippen molar-refractivity contribution in [2.45, 2.75) is 13.8 Å². The van der Waals surface area contributed by atoms with Crippen molar-refractivity contribution in [1.82, 2.24) is 18.5 Å². The SMILES string of the molecule is C/C=C\c1c(C)n(-c2ccc3oc4ccc(-c5ccc6oc7ccc(-n8c9ccccc9n9c%10ccccc%10nc89)cc7c6c5)cc4c3c2)c2ccccc12. The van der Waals surface area contributed by atoms with Crippen LogP contribution in [0.5, 0.6) is 0 Å². The quantitative estimate of drug-likeness (QED) is 0.183. The van der Waals surface area contributed by atoms with Crippen LogP contribution in [0.3, 0.4) is 0 Å². The Morgan fingerprint density at radius 1 is 0.491 bits per heavy atom. The van der Waals surface area contributed by atoms with Gasteiger partial charge in [-0.3, -0.25) is 8.97 Å². The summed E-state index contributed by atoms with van der Waals surface area (Å²) in [7, 11) is 0. The lowest BCUT2D eigenvalue weighted by Gasteiger charge is -2.09. The predicted molar refractivity (Wildman–Crippen MR) is 226 cm³/mol. The molecule has 6 heteroatoms. The van der Waals surface area contributed by atoms with Crippen LogP contribution in [0.4, 0.5) is 0 Å². The fourth-order valence-electron chi connectivity index (χ4n) is 8.88. The molecule has 0 saturated carbocycles. The van der Waals surface area contributed by atoms with Crippen LogP contribution in [0.15, 0.2) is 161 Å². The van der Waals surface area contributed by atoms with Crippen molar-refractivity contribution in [3.8, 4) is 22.5 Å². The number of benzene rings is 7. The Hall–Kier alpha value is -7.31. The minimum absolute atomic E-state index is 0.853. The molecule has 0 aliphatic carbocycles. The molecule has 12 rings (SSSR count). The van der Waals surface area contributed by atoms with Crippen LogP contribution in [-0.2, 0) is 0 Å². The molecule has 5 aromatic heterocycles. The van der Waals surface area contributed by atoms with Crippen molar-refractivity contribution < 1.29 is 8.83 Å². The van der Waals surface area contributed by atoms with Crippen molar-refractivity contribution in [1.29, 1.82) is 0 Å². The molecule has 0 unspecified atom stereocenters. The second kappa shape index (κ2) is 11.1. The molecule has 7 aromatic carbocycles. The fourth-order valence-corrected chi connectivity index (χ4v) is 8.88. The lowest BCUT2D eigenvalue weighted by Crippen LogP contribution is -1.96. The summed E-state index contributed by atoms with van der Waals surface area (Å²) in [6.07, 6.45) is 4.31. The zero-order chi connectivity index (χ0) is 36.4. The largest absolute Gasteiger partial charge is 0.456 e. The van der Waals surface area contributed by atoms with E-state index < -0.39 is 0 Å². The number of nitrogens with zero attached hydrogens (tertiary/aromatic N) is 4. The number of rotatable bonds is 4. The summed E-state index contributed by atoms with van der Waals surface area (Å²) in [4.78, 5) is 5.09. The molecule has 12 aromatic rings. The van der Waals surface area contributed by atoms with E-state index in [1.165, 1.54) is 22.2 Å². The topological polar surface area (TPSA) is 53.4 Å². The minimum Gasteiger partial charge on any atom is -0.456 e. The van der Waals surface area contributed by atoms with E-state index in [0.717, 1.165) is 94.2 Å². The number of hydrogen-bond acceptors (Lipinski definition) is 3. The molecule has 55 heavy (non-hydrogen) atoms. The van der Waals surface area contributed by atoms with E-state index in [1.54, 1.807) is 0 Å². The number of imidazole rings is 2. The molecule has 0 N–H and O–H groups in total. The first-order chi connectivity index (χ1) is 27.1. The van der Waals surface area contributed by atoms with Crippen LogP contribution < -0.4 is 0 Å². The summed E-state index contributed by atoms with van der Waals surface area (Å²) in [6.45, 7) is 4.27. The molecule has 0 radical (unpaired) electrons. The highest BCUT2D eigenvalue weighted by Gasteiger charge is 2.19. The van der Waals surface area contributed by atoms with Gasteiger partial charge in [-0.1, -0.05) is 66.7 Å². The van der Waals surface area contributed by atoms with Gasteiger partial charge in [0.1, 0.15) is 22.3 Å². The maximum atomic E-state index is 6.41. The van der Waals surface area contributed by atoms with E-state index >= 15 is 0 Å². The zero-order valence-corrected chi connectivity index (χ0v) is 30.1. The van der Waals surface area contributed by atoms with Gasteiger partial charge in [0.25, 0.3) is 0 Å². The predicted octanol–water partition coefficient (Wildman–Crippen LogP) is 13.2. The molecular formula is C49H32N4O2. The van der Waals surface area contributed by atoms with Crippen molar-refractivity contribution in [2.75, 3.05) is 0 Å². The third-order valence-electron chi connectivity index (χ3n) is 11.4. The molecule has 0 atom stereocenters. The van der Waals surface area contributed by atoms with Crippen LogP contribution in [-0.4, -0.2) is 18.5 Å². The molecule has 6 nitrogen and oxygen atoms in total. The van der Waals surface area contributed by atoms with Gasteiger partial charge in [0.05, 0.1) is 33.3 Å². The van der Waals surface area contributed by atoms with Gasteiger partial charge in [0.2, 0.25) is 5.78 Å². The van der Waals surface area contributed by atoms with Gasteiger partial charge in [-0.05, 0) is 116 Å². The number of para-hydroxylation sites is 5. The Morgan fingerprint density at radius 3 is 1.67 bits per heavy atom. The molecule has 5 heterocycles. The standard InChI is InChI=1S/C49H32N4O2/c1-3-10-34-29(2)51(41-13-6-4-11-35(34)41)32-19-23-47-38(27-32)36-25-30(17-21-45(36)54-47)31-18-22-46-37(26-31)39-28-33(20-24-48(39)55-46)52-43-15-8-9-16-44(43)53-42-14-7-5-12-40(42)50-49(52)53/h3-28H,1-2H3/b10-3-. The monoisotopic (exact) mass is 708 g/mol. The number of furan rings is 2. The van der Waals surface area contributed by atoms with E-state index in [4.69, 9.17) is 13.8 Å². The first kappa shape index (κ1) is 30.2. The molecule has 0 spiro atoms. The minimum atomic E-state index is 0.853. The van der Waals surface area contributed by atoms with Gasteiger partial charge in [-0.2, -0.15) is 0 Å². The summed E-state index contributed by atoms with van der Waals surface area (Å²) >= 11 is 0. The second-order valence-electron chi connectivity index (χ2n) is 14.4. The van der Waals surface area contributed by atoms with Gasteiger partial charge in [-0.25, -0.2) is 4.98 Å². The Bertz CT molecular complexity index is 3580. The van der Waals surface area contributed by atoms with Gasteiger partial charge in [-0.15, -0.1) is 0 Å². The summed E-state index contributed by atoms with van der Waals surface area (Å²) in [5.41, 5.74) is 15.8. The molecule has 0 bridgehead atoms. The van der Waals surface area contributed by atoms with E-state index in [-0.39, 0.29) is 0 Å². The Balaban J connectivity index is 1.01. The molecule has 0 fully saturated rings. The van der Waals surface area contributed by atoms with E-state index in [1.807, 2.05) is 6.07 Å². The third kappa shape index (κ3) is 4.22. The average molecular weight is 709 g/mol. The number of fused-ring (bicyclic) bond motifs is 12. The lowest BCUT2D eigenvalue weighted by molar-refractivity contribution is 0.668. The highest BCUT2D eigenvalue weighted by Crippen LogP contribution is 2.39. The first-order valence-electron chi connectivity index (χ1n) is 18.7. The molecule has 0 amide bonds. The van der Waals surface area contributed by atoms with Crippen LogP contribution in [0, 0.1) is 6.92 Å². The van der Waals surface area contributed by atoms with Crippen molar-refractivity contribution in [3.05, 3.63) is 163 Å². The maximum Gasteiger partial charge on any atom is 0.220 e. The summed E-state index contributed by atoms with van der Waals surface area (Å²) in [5, 5.41) is 5.56. The Labute approximate surface area is 314 Å². The number of hydrogen-bond donors (Lipinski definition) is 0. The van der Waals surface area contributed by atoms with E-state index in [0.29, 0.717) is 0 Å². The second-order valence-corrected chi connectivity index (χ2v) is 14.4. The van der Waals surface area contributed by atoms with E-state index in [2.05, 4.69) is 179 Å². The fraction of sp³-hybridized carbons (Fsp3) is 0.0408. The highest BCUT2D eigenvalue weighted by atomic mass is 16.3. The van der Waals surface area contributed by atoms with Crippen molar-refractivity contribution in [2.24, 2.45) is 0 Å². The van der Waals surface area contributed by atoms with Gasteiger partial charge < -0.3 is 13.4 Å². The van der Waals surface area contributed by atoms with Crippen LogP contribution in [0.1, 0.15) is 18.2 Å². The average Bonchev–Trinajstić information content (AvgIpc) is 4.02. The zero-order valence-electron chi connectivity index (χ0n) is 30.1. The third-order valence-corrected chi connectivity index (χ3v) is 11.4. The molecule has 0 aliphatic rings. The van der Waals surface area contributed by atoms with Gasteiger partial charge in [0, 0.05) is 43.9 Å². The summed E-state index contributed by atoms with van der Waals surface area (Å²) in [5.74, 6) is 0.886. The number of allylic oxidation sites excluding steroid dienone is 1. The van der Waals surface area contributed by atoms with Gasteiger partial charge >= 0.3 is 0 Å². The molecule has 260 valence electrons. The van der Waals surface area contributed by atoms with Crippen molar-refractivity contribution in [3.63, 3.8) is 0 Å². The Kier molecular flexibility index (Phi) is 6.09. The normalized spacial score (nSPS) is 12.5. The maximum absolute atomic E-state index is 6.41. The van der Waals surface area contributed by atoms with Crippen LogP contribution >= 0.6 is 0 Å². The number of aromatic nitrogens is 4. The lowest BCUT2D eigenvalue weighted by atomic mass is 10.0. The van der Waals surface area contributed by atoms with Gasteiger partial charge in [0.15, 0.2) is 0 Å². The summed E-state index contributed by atoms with van der Waals surface area (Å²) in [6, 6.07) is 51.4. The van der Waals surface area contributed by atoms with Crippen LogP contribution in [0.25, 0.3) is 111 Å². The first-order valence-corrected chi connectivity index (χ1v) is 18.7.